The van der Waals surface area contributed by atoms with Crippen LogP contribution in [0.1, 0.15) is 30.5 Å². The molecule has 0 radical (unpaired) electrons. The lowest BCUT2D eigenvalue weighted by Crippen LogP contribution is -2.31. The summed E-state index contributed by atoms with van der Waals surface area (Å²) in [6.07, 6.45) is 17.1. The molecule has 1 fully saturated rings. The van der Waals surface area contributed by atoms with Crippen LogP contribution in [-0.2, 0) is 27.7 Å². The summed E-state index contributed by atoms with van der Waals surface area (Å²) in [6.45, 7) is 1.20. The van der Waals surface area contributed by atoms with Gasteiger partial charge in [0.1, 0.15) is 35.5 Å². The molecule has 2 aromatic heterocycles. The van der Waals surface area contributed by atoms with Crippen LogP contribution in [-0.4, -0.2) is 51.6 Å². The van der Waals surface area contributed by atoms with Crippen LogP contribution in [0, 0.1) is 11.3 Å². The second-order valence-corrected chi connectivity index (χ2v) is 9.03. The van der Waals surface area contributed by atoms with Crippen molar-refractivity contribution in [1.82, 2.24) is 19.4 Å². The molecule has 10 heteroatoms. The number of hydrogen-bond donors (Lipinski definition) is 0. The van der Waals surface area contributed by atoms with Crippen LogP contribution >= 0.6 is 0 Å². The van der Waals surface area contributed by atoms with E-state index in [1.54, 1.807) is 31.1 Å². The van der Waals surface area contributed by atoms with Crippen molar-refractivity contribution in [3.8, 4) is 11.9 Å². The smallest absolute Gasteiger partial charge is 0.231 e. The fraction of sp³-hybridized carbons (Fsp3) is 0.333. The third kappa shape index (κ3) is 5.35. The number of allylic oxidation sites excluding steroid dienone is 3. The summed E-state index contributed by atoms with van der Waals surface area (Å²) in [5, 5.41) is 9.42. The molecule has 0 spiro atoms. The van der Waals surface area contributed by atoms with Gasteiger partial charge in [0.15, 0.2) is 0 Å². The summed E-state index contributed by atoms with van der Waals surface area (Å²) in [5.41, 5.74) is 2.78. The minimum Gasteiger partial charge on any atom is -0.488 e. The number of aryl methyl sites for hydroxylation is 1. The van der Waals surface area contributed by atoms with Gasteiger partial charge in [-0.25, -0.2) is 9.97 Å². The Morgan fingerprint density at radius 2 is 2.24 bits per heavy atom. The SMILES string of the molecule is COc1ncc(N2C=COC(C3=C(O[C@H]4CCN(C(=O)Cc5cn(C)cn5)C4)C=CCC3)=C2)cc1C#N. The van der Waals surface area contributed by atoms with E-state index < -0.39 is 0 Å². The van der Waals surface area contributed by atoms with E-state index >= 15 is 0 Å². The Bertz CT molecular complexity index is 1350. The number of amides is 1. The van der Waals surface area contributed by atoms with Crippen molar-refractivity contribution in [2.45, 2.75) is 31.8 Å². The van der Waals surface area contributed by atoms with Gasteiger partial charge in [-0.2, -0.15) is 5.26 Å². The van der Waals surface area contributed by atoms with Crippen LogP contribution in [0.2, 0.25) is 0 Å². The normalized spacial score (nSPS) is 18.9. The largest absolute Gasteiger partial charge is 0.488 e. The number of carbonyl (C=O) groups excluding carboxylic acids is 1. The molecule has 0 aromatic carbocycles. The van der Waals surface area contributed by atoms with E-state index in [2.05, 4.69) is 22.1 Å². The first-order valence-electron chi connectivity index (χ1n) is 12.1. The number of imidazole rings is 1. The minimum absolute atomic E-state index is 0.0575. The molecular weight excluding hydrogens is 472 g/mol. The number of likely N-dealkylation sites (tertiary alicyclic amines) is 1. The number of methoxy groups -OCH3 is 1. The van der Waals surface area contributed by atoms with Crippen LogP contribution in [0.3, 0.4) is 0 Å². The molecule has 0 saturated carbocycles. The third-order valence-corrected chi connectivity index (χ3v) is 6.43. The van der Waals surface area contributed by atoms with Gasteiger partial charge in [0.05, 0.1) is 50.2 Å². The topological polar surface area (TPSA) is 106 Å². The number of aromatic nitrogens is 3. The van der Waals surface area contributed by atoms with Crippen molar-refractivity contribution in [1.29, 1.82) is 5.26 Å². The fourth-order valence-electron chi connectivity index (χ4n) is 4.56. The minimum atomic E-state index is -0.0970. The van der Waals surface area contributed by atoms with Crippen LogP contribution in [0.25, 0.3) is 0 Å². The van der Waals surface area contributed by atoms with Crippen LogP contribution in [0.5, 0.6) is 5.88 Å². The maximum absolute atomic E-state index is 12.8. The van der Waals surface area contributed by atoms with E-state index in [1.807, 2.05) is 39.9 Å². The van der Waals surface area contributed by atoms with Gasteiger partial charge in [0.2, 0.25) is 11.8 Å². The van der Waals surface area contributed by atoms with E-state index in [0.717, 1.165) is 36.3 Å². The van der Waals surface area contributed by atoms with Gasteiger partial charge in [-0.15, -0.1) is 0 Å². The molecule has 0 unspecified atom stereocenters. The zero-order valence-corrected chi connectivity index (χ0v) is 20.8. The first-order valence-corrected chi connectivity index (χ1v) is 12.1. The molecule has 1 aliphatic carbocycles. The maximum atomic E-state index is 12.8. The second kappa shape index (κ2) is 10.6. The zero-order chi connectivity index (χ0) is 25.8. The molecule has 1 saturated heterocycles. The molecule has 5 rings (SSSR count). The van der Waals surface area contributed by atoms with Gasteiger partial charge in [0, 0.05) is 38.0 Å². The van der Waals surface area contributed by atoms with Gasteiger partial charge < -0.3 is 28.6 Å². The monoisotopic (exact) mass is 500 g/mol. The lowest BCUT2D eigenvalue weighted by molar-refractivity contribution is -0.129. The molecule has 0 bridgehead atoms. The average Bonchev–Trinajstić information content (AvgIpc) is 3.57. The van der Waals surface area contributed by atoms with E-state index in [9.17, 15) is 10.1 Å². The zero-order valence-electron chi connectivity index (χ0n) is 20.8. The Kier molecular flexibility index (Phi) is 6.94. The molecule has 190 valence electrons. The summed E-state index contributed by atoms with van der Waals surface area (Å²) in [6, 6.07) is 3.83. The predicted octanol–water partition coefficient (Wildman–Crippen LogP) is 3.31. The number of ether oxygens (including phenoxy) is 3. The number of nitriles is 1. The summed E-state index contributed by atoms with van der Waals surface area (Å²) >= 11 is 0. The number of anilines is 1. The fourth-order valence-corrected chi connectivity index (χ4v) is 4.56. The van der Waals surface area contributed by atoms with Crippen molar-refractivity contribution >= 4 is 11.6 Å². The van der Waals surface area contributed by atoms with E-state index in [1.165, 1.54) is 7.11 Å². The lowest BCUT2D eigenvalue weighted by Gasteiger charge is -2.26. The molecule has 0 N–H and O–H groups in total. The lowest BCUT2D eigenvalue weighted by atomic mass is 10.0. The van der Waals surface area contributed by atoms with Gasteiger partial charge in [-0.3, -0.25) is 4.79 Å². The van der Waals surface area contributed by atoms with E-state index in [0.29, 0.717) is 30.1 Å². The highest BCUT2D eigenvalue weighted by molar-refractivity contribution is 5.78. The van der Waals surface area contributed by atoms with E-state index in [4.69, 9.17) is 14.2 Å². The summed E-state index contributed by atoms with van der Waals surface area (Å²) in [5.74, 6) is 1.76. The highest BCUT2D eigenvalue weighted by Gasteiger charge is 2.30. The summed E-state index contributed by atoms with van der Waals surface area (Å²) in [7, 11) is 3.38. The standard InChI is InChI=1S/C27H28N6O4/c1-31-15-20(30-18-31)12-26(34)33-8-7-22(16-33)37-24-6-4-3-5-23(24)25-17-32(9-10-36-25)21-11-19(13-28)27(35-2)29-14-21/h4,6,9-11,14-15,17-18,22H,3,5,7-8,12,16H2,1-2H3/t22-/m0/s1. The Morgan fingerprint density at radius 1 is 1.35 bits per heavy atom. The molecular formula is C27H28N6O4. The Morgan fingerprint density at radius 3 is 3.03 bits per heavy atom. The van der Waals surface area contributed by atoms with Crippen molar-refractivity contribution in [3.05, 3.63) is 84.0 Å². The van der Waals surface area contributed by atoms with Crippen LogP contribution in [0.15, 0.2) is 72.7 Å². The van der Waals surface area contributed by atoms with Gasteiger partial charge >= 0.3 is 0 Å². The predicted molar refractivity (Wildman–Crippen MR) is 135 cm³/mol. The van der Waals surface area contributed by atoms with Crippen molar-refractivity contribution in [2.75, 3.05) is 25.1 Å². The number of pyridine rings is 1. The Hall–Kier alpha value is -4.52. The maximum Gasteiger partial charge on any atom is 0.231 e. The molecule has 1 atom stereocenters. The highest BCUT2D eigenvalue weighted by Crippen LogP contribution is 2.33. The average molecular weight is 501 g/mol. The van der Waals surface area contributed by atoms with Crippen molar-refractivity contribution in [3.63, 3.8) is 0 Å². The first-order chi connectivity index (χ1) is 18.0. The van der Waals surface area contributed by atoms with Gasteiger partial charge in [-0.05, 0) is 25.0 Å². The molecule has 37 heavy (non-hydrogen) atoms. The highest BCUT2D eigenvalue weighted by atomic mass is 16.5. The molecule has 2 aromatic rings. The molecule has 4 heterocycles. The molecule has 2 aliphatic heterocycles. The van der Waals surface area contributed by atoms with Crippen LogP contribution in [0.4, 0.5) is 5.69 Å². The summed E-state index contributed by atoms with van der Waals surface area (Å²) < 4.78 is 19.3. The first kappa shape index (κ1) is 24.2. The van der Waals surface area contributed by atoms with Gasteiger partial charge in [-0.1, -0.05) is 6.08 Å². The van der Waals surface area contributed by atoms with Crippen LogP contribution < -0.4 is 9.64 Å². The molecule has 3 aliphatic rings. The van der Waals surface area contributed by atoms with Crippen molar-refractivity contribution < 1.29 is 19.0 Å². The molecule has 1 amide bonds. The quantitative estimate of drug-likeness (QED) is 0.570. The Balaban J connectivity index is 1.30. The number of nitrogens with zero attached hydrogens (tertiary/aromatic N) is 6. The third-order valence-electron chi connectivity index (χ3n) is 6.43. The Labute approximate surface area is 215 Å². The van der Waals surface area contributed by atoms with Crippen molar-refractivity contribution in [2.24, 2.45) is 7.05 Å². The summed E-state index contributed by atoms with van der Waals surface area (Å²) in [4.78, 5) is 24.9. The molecule has 10 nitrogen and oxygen atoms in total. The van der Waals surface area contributed by atoms with E-state index in [-0.39, 0.29) is 24.3 Å². The number of carbonyl (C=O) groups is 1. The second-order valence-electron chi connectivity index (χ2n) is 9.03. The number of rotatable bonds is 7. The van der Waals surface area contributed by atoms with Gasteiger partial charge in [0.25, 0.3) is 0 Å². The number of hydrogen-bond acceptors (Lipinski definition) is 8.